The Morgan fingerprint density at radius 3 is 2.27 bits per heavy atom. The van der Waals surface area contributed by atoms with Gasteiger partial charge in [-0.2, -0.15) is 0 Å². The number of carbonyl (C=O) groups is 3. The van der Waals surface area contributed by atoms with Crippen molar-refractivity contribution in [3.8, 4) is 0 Å². The first kappa shape index (κ1) is 17.7. The van der Waals surface area contributed by atoms with Crippen LogP contribution in [-0.4, -0.2) is 36.0 Å². The van der Waals surface area contributed by atoms with E-state index in [9.17, 15) is 14.4 Å². The molecular formula is C16H22N2O4. The molecule has 0 heterocycles. The average Bonchev–Trinajstić information content (AvgIpc) is 2.43. The summed E-state index contributed by atoms with van der Waals surface area (Å²) in [6.07, 6.45) is -0.676. The molecule has 0 aliphatic rings. The second kappa shape index (κ2) is 7.59. The topological polar surface area (TPSA) is 84.5 Å². The summed E-state index contributed by atoms with van der Waals surface area (Å²) in [5.41, 5.74) is -0.112. The minimum atomic E-state index is -0.793. The highest BCUT2D eigenvalue weighted by Gasteiger charge is 2.21. The summed E-state index contributed by atoms with van der Waals surface area (Å²) >= 11 is 0. The molecule has 0 fully saturated rings. The number of ketones is 1. The van der Waals surface area contributed by atoms with Crippen LogP contribution in [0.15, 0.2) is 30.3 Å². The molecule has 6 heteroatoms. The number of alkyl carbamates (subject to hydrolysis) is 1. The van der Waals surface area contributed by atoms with E-state index < -0.39 is 23.6 Å². The van der Waals surface area contributed by atoms with E-state index in [4.69, 9.17) is 4.74 Å². The minimum Gasteiger partial charge on any atom is -0.444 e. The molecule has 120 valence electrons. The maximum Gasteiger partial charge on any atom is 0.408 e. The number of nitrogens with one attached hydrogen (secondary N) is 2. The molecule has 0 saturated heterocycles. The normalized spacial score (nSPS) is 12.2. The Morgan fingerprint density at radius 1 is 1.14 bits per heavy atom. The van der Waals surface area contributed by atoms with Gasteiger partial charge in [-0.1, -0.05) is 30.3 Å². The van der Waals surface area contributed by atoms with Crippen molar-refractivity contribution >= 4 is 17.8 Å². The molecule has 0 aliphatic heterocycles. The van der Waals surface area contributed by atoms with Crippen LogP contribution >= 0.6 is 0 Å². The lowest BCUT2D eigenvalue weighted by molar-refractivity contribution is -0.122. The van der Waals surface area contributed by atoms with Gasteiger partial charge in [-0.3, -0.25) is 9.59 Å². The van der Waals surface area contributed by atoms with Gasteiger partial charge in [0.05, 0.1) is 6.54 Å². The van der Waals surface area contributed by atoms with Crippen molar-refractivity contribution in [3.63, 3.8) is 0 Å². The van der Waals surface area contributed by atoms with Crippen molar-refractivity contribution in [2.24, 2.45) is 0 Å². The van der Waals surface area contributed by atoms with Gasteiger partial charge in [0, 0.05) is 5.56 Å². The summed E-state index contributed by atoms with van der Waals surface area (Å²) in [5.74, 6) is -0.645. The van der Waals surface area contributed by atoms with Crippen molar-refractivity contribution < 1.29 is 19.1 Å². The van der Waals surface area contributed by atoms with Gasteiger partial charge in [-0.25, -0.2) is 4.79 Å². The quantitative estimate of drug-likeness (QED) is 0.814. The van der Waals surface area contributed by atoms with Gasteiger partial charge in [-0.15, -0.1) is 0 Å². The zero-order valence-electron chi connectivity index (χ0n) is 13.3. The Balaban J connectivity index is 2.42. The Kier molecular flexibility index (Phi) is 6.10. The van der Waals surface area contributed by atoms with Gasteiger partial charge in [0.2, 0.25) is 5.91 Å². The first-order valence-corrected chi connectivity index (χ1v) is 7.04. The Morgan fingerprint density at radius 2 is 1.73 bits per heavy atom. The van der Waals surface area contributed by atoms with Crippen LogP contribution in [0.25, 0.3) is 0 Å². The van der Waals surface area contributed by atoms with Crippen LogP contribution in [0, 0.1) is 0 Å². The maximum absolute atomic E-state index is 11.9. The van der Waals surface area contributed by atoms with Crippen LogP contribution in [0.5, 0.6) is 0 Å². The molecule has 1 aromatic carbocycles. The number of ether oxygens (including phenoxy) is 1. The molecule has 2 N–H and O–H groups in total. The van der Waals surface area contributed by atoms with Crippen LogP contribution in [0.1, 0.15) is 38.1 Å². The summed E-state index contributed by atoms with van der Waals surface area (Å²) in [7, 11) is 0. The van der Waals surface area contributed by atoms with Crippen LogP contribution in [0.4, 0.5) is 4.79 Å². The number of Topliss-reactive ketones (excluding diaryl/α,β-unsaturated/α-hetero) is 1. The molecule has 1 atom stereocenters. The van der Waals surface area contributed by atoms with Gasteiger partial charge < -0.3 is 15.4 Å². The SMILES string of the molecule is CC(NC(=O)OC(C)(C)C)C(=O)NCC(=O)c1ccccc1. The predicted molar refractivity (Wildman–Crippen MR) is 82.6 cm³/mol. The van der Waals surface area contributed by atoms with E-state index in [1.54, 1.807) is 45.0 Å². The van der Waals surface area contributed by atoms with Gasteiger partial charge in [0.1, 0.15) is 11.6 Å². The number of benzene rings is 1. The summed E-state index contributed by atoms with van der Waals surface area (Å²) in [6.45, 7) is 6.59. The molecule has 22 heavy (non-hydrogen) atoms. The summed E-state index contributed by atoms with van der Waals surface area (Å²) in [5, 5.41) is 4.91. The lowest BCUT2D eigenvalue weighted by Crippen LogP contribution is -2.47. The smallest absolute Gasteiger partial charge is 0.408 e. The summed E-state index contributed by atoms with van der Waals surface area (Å²) in [6, 6.07) is 7.87. The first-order chi connectivity index (χ1) is 10.2. The third-order valence-corrected chi connectivity index (χ3v) is 2.65. The van der Waals surface area contributed by atoms with E-state index in [0.717, 1.165) is 0 Å². The third kappa shape index (κ3) is 6.39. The van der Waals surface area contributed by atoms with Crippen LogP contribution in [0.3, 0.4) is 0 Å². The number of rotatable bonds is 5. The summed E-state index contributed by atoms with van der Waals surface area (Å²) < 4.78 is 5.06. The van der Waals surface area contributed by atoms with Crippen molar-refractivity contribution in [1.82, 2.24) is 10.6 Å². The minimum absolute atomic E-state index is 0.122. The highest BCUT2D eigenvalue weighted by Crippen LogP contribution is 2.06. The van der Waals surface area contributed by atoms with Gasteiger partial charge in [0.15, 0.2) is 5.78 Å². The van der Waals surface area contributed by atoms with Gasteiger partial charge in [-0.05, 0) is 27.7 Å². The Labute approximate surface area is 130 Å². The van der Waals surface area contributed by atoms with Gasteiger partial charge >= 0.3 is 6.09 Å². The van der Waals surface area contributed by atoms with E-state index in [1.807, 2.05) is 6.07 Å². The van der Waals surface area contributed by atoms with Crippen molar-refractivity contribution in [3.05, 3.63) is 35.9 Å². The predicted octanol–water partition coefficient (Wildman–Crippen LogP) is 1.90. The first-order valence-electron chi connectivity index (χ1n) is 7.04. The van der Waals surface area contributed by atoms with E-state index in [2.05, 4.69) is 10.6 Å². The van der Waals surface area contributed by atoms with Crippen LogP contribution < -0.4 is 10.6 Å². The maximum atomic E-state index is 11.9. The zero-order chi connectivity index (χ0) is 16.8. The number of hydrogen-bond donors (Lipinski definition) is 2. The molecule has 1 rings (SSSR count). The Hall–Kier alpha value is -2.37. The molecule has 2 amide bonds. The molecule has 1 unspecified atom stereocenters. The number of carbonyl (C=O) groups excluding carboxylic acids is 3. The molecule has 0 aromatic heterocycles. The second-order valence-corrected chi connectivity index (χ2v) is 5.87. The average molecular weight is 306 g/mol. The summed E-state index contributed by atoms with van der Waals surface area (Å²) in [4.78, 5) is 35.3. The standard InChI is InChI=1S/C16H22N2O4/c1-11(18-15(21)22-16(2,3)4)14(20)17-10-13(19)12-8-6-5-7-9-12/h5-9,11H,10H2,1-4H3,(H,17,20)(H,18,21). The van der Waals surface area contributed by atoms with Gasteiger partial charge in [0.25, 0.3) is 0 Å². The highest BCUT2D eigenvalue weighted by atomic mass is 16.6. The molecule has 1 aromatic rings. The monoisotopic (exact) mass is 306 g/mol. The number of amides is 2. The molecule has 0 radical (unpaired) electrons. The van der Waals surface area contributed by atoms with E-state index >= 15 is 0 Å². The van der Waals surface area contributed by atoms with E-state index in [-0.39, 0.29) is 12.3 Å². The molecule has 0 aliphatic carbocycles. The van der Waals surface area contributed by atoms with E-state index in [0.29, 0.717) is 5.56 Å². The van der Waals surface area contributed by atoms with E-state index in [1.165, 1.54) is 6.92 Å². The van der Waals surface area contributed by atoms with Crippen LogP contribution in [-0.2, 0) is 9.53 Å². The molecule has 0 bridgehead atoms. The molecular weight excluding hydrogens is 284 g/mol. The molecule has 0 saturated carbocycles. The Bertz CT molecular complexity index is 535. The van der Waals surface area contributed by atoms with Crippen molar-refractivity contribution in [2.45, 2.75) is 39.3 Å². The van der Waals surface area contributed by atoms with Crippen LogP contribution in [0.2, 0.25) is 0 Å². The lowest BCUT2D eigenvalue weighted by atomic mass is 10.1. The fourth-order valence-electron chi connectivity index (χ4n) is 1.60. The largest absolute Gasteiger partial charge is 0.444 e. The fourth-order valence-corrected chi connectivity index (χ4v) is 1.60. The van der Waals surface area contributed by atoms with Crippen molar-refractivity contribution in [1.29, 1.82) is 0 Å². The lowest BCUT2D eigenvalue weighted by Gasteiger charge is -2.21. The van der Waals surface area contributed by atoms with Crippen molar-refractivity contribution in [2.75, 3.05) is 6.54 Å². The fraction of sp³-hybridized carbons (Fsp3) is 0.438. The second-order valence-electron chi connectivity index (χ2n) is 5.87. The highest BCUT2D eigenvalue weighted by molar-refractivity contribution is 5.99. The molecule has 0 spiro atoms. The zero-order valence-corrected chi connectivity index (χ0v) is 13.3. The third-order valence-electron chi connectivity index (χ3n) is 2.65. The number of hydrogen-bond acceptors (Lipinski definition) is 4. The molecule has 6 nitrogen and oxygen atoms in total.